The molecule has 0 bridgehead atoms. The SMILES string of the molecule is CC(=O)Nc1cccc(Nc2nnc(SCC(=O)N3C(C)CCCC3C)s2)c1. The van der Waals surface area contributed by atoms with Gasteiger partial charge in [-0.3, -0.25) is 9.59 Å². The van der Waals surface area contributed by atoms with E-state index in [1.54, 1.807) is 0 Å². The summed E-state index contributed by atoms with van der Waals surface area (Å²) in [5.41, 5.74) is 1.53. The van der Waals surface area contributed by atoms with E-state index in [2.05, 4.69) is 34.7 Å². The highest BCUT2D eigenvalue weighted by molar-refractivity contribution is 8.01. The molecule has 3 rings (SSSR count). The lowest BCUT2D eigenvalue weighted by Gasteiger charge is -2.39. The fraction of sp³-hybridized carbons (Fsp3) is 0.474. The van der Waals surface area contributed by atoms with Gasteiger partial charge in [0, 0.05) is 30.4 Å². The Hall–Kier alpha value is -2.13. The molecular weight excluding hydrogens is 394 g/mol. The molecule has 9 heteroatoms. The van der Waals surface area contributed by atoms with E-state index < -0.39 is 0 Å². The molecule has 2 atom stereocenters. The highest BCUT2D eigenvalue weighted by atomic mass is 32.2. The van der Waals surface area contributed by atoms with Gasteiger partial charge in [0.2, 0.25) is 16.9 Å². The molecule has 7 nitrogen and oxygen atoms in total. The minimum absolute atomic E-state index is 0.117. The van der Waals surface area contributed by atoms with Gasteiger partial charge in [-0.05, 0) is 51.3 Å². The van der Waals surface area contributed by atoms with E-state index >= 15 is 0 Å². The Morgan fingerprint density at radius 2 is 1.93 bits per heavy atom. The number of anilines is 3. The van der Waals surface area contributed by atoms with Crippen LogP contribution in [0.15, 0.2) is 28.6 Å². The molecule has 2 aromatic rings. The average Bonchev–Trinajstić information content (AvgIpc) is 3.07. The number of nitrogens with one attached hydrogen (secondary N) is 2. The zero-order valence-electron chi connectivity index (χ0n) is 16.3. The van der Waals surface area contributed by atoms with E-state index in [4.69, 9.17) is 0 Å². The van der Waals surface area contributed by atoms with Crippen LogP contribution in [0.25, 0.3) is 0 Å². The van der Waals surface area contributed by atoms with Crippen molar-refractivity contribution in [3.8, 4) is 0 Å². The van der Waals surface area contributed by atoms with Crippen LogP contribution < -0.4 is 10.6 Å². The third-order valence-electron chi connectivity index (χ3n) is 4.64. The zero-order valence-corrected chi connectivity index (χ0v) is 17.9. The topological polar surface area (TPSA) is 87.2 Å². The predicted molar refractivity (Wildman–Crippen MR) is 114 cm³/mol. The minimum atomic E-state index is -0.117. The van der Waals surface area contributed by atoms with Crippen molar-refractivity contribution in [2.45, 2.75) is 56.5 Å². The fourth-order valence-electron chi connectivity index (χ4n) is 3.43. The summed E-state index contributed by atoms with van der Waals surface area (Å²) in [4.78, 5) is 25.8. The molecule has 2 unspecified atom stereocenters. The van der Waals surface area contributed by atoms with Crippen LogP contribution in [0.1, 0.15) is 40.0 Å². The van der Waals surface area contributed by atoms with Crippen LogP contribution in [0.4, 0.5) is 16.5 Å². The number of nitrogens with zero attached hydrogens (tertiary/aromatic N) is 3. The van der Waals surface area contributed by atoms with E-state index in [-0.39, 0.29) is 11.8 Å². The Bertz CT molecular complexity index is 831. The van der Waals surface area contributed by atoms with Gasteiger partial charge in [0.25, 0.3) is 0 Å². The van der Waals surface area contributed by atoms with Gasteiger partial charge < -0.3 is 15.5 Å². The number of carbonyl (C=O) groups excluding carboxylic acids is 2. The van der Waals surface area contributed by atoms with Crippen LogP contribution in [0.3, 0.4) is 0 Å². The quantitative estimate of drug-likeness (QED) is 0.685. The standard InChI is InChI=1S/C19H25N5O2S2/c1-12-6-4-7-13(2)24(12)17(26)11-27-19-23-22-18(28-19)21-16-9-5-8-15(10-16)20-14(3)25/h5,8-10,12-13H,4,6-7,11H2,1-3H3,(H,20,25)(H,21,22). The molecule has 1 saturated heterocycles. The van der Waals surface area contributed by atoms with E-state index in [9.17, 15) is 9.59 Å². The maximum absolute atomic E-state index is 12.6. The van der Waals surface area contributed by atoms with Gasteiger partial charge in [0.15, 0.2) is 4.34 Å². The fourth-order valence-corrected chi connectivity index (χ4v) is 5.07. The Labute approximate surface area is 173 Å². The second-order valence-corrected chi connectivity index (χ2v) is 9.18. The largest absolute Gasteiger partial charge is 0.337 e. The lowest BCUT2D eigenvalue weighted by atomic mass is 9.98. The summed E-state index contributed by atoms with van der Waals surface area (Å²) in [6.07, 6.45) is 3.34. The third-order valence-corrected chi connectivity index (χ3v) is 6.60. The van der Waals surface area contributed by atoms with Crippen molar-refractivity contribution < 1.29 is 9.59 Å². The highest BCUT2D eigenvalue weighted by Crippen LogP contribution is 2.30. The number of aromatic nitrogens is 2. The van der Waals surface area contributed by atoms with E-state index in [0.29, 0.717) is 28.7 Å². The van der Waals surface area contributed by atoms with E-state index in [1.807, 2.05) is 29.2 Å². The number of rotatable bonds is 6. The summed E-state index contributed by atoms with van der Waals surface area (Å²) in [6, 6.07) is 8.01. The van der Waals surface area contributed by atoms with Crippen molar-refractivity contribution in [3.63, 3.8) is 0 Å². The molecule has 0 aliphatic carbocycles. The number of thioether (sulfide) groups is 1. The smallest absolute Gasteiger partial charge is 0.233 e. The van der Waals surface area contributed by atoms with E-state index in [1.165, 1.54) is 36.4 Å². The molecule has 2 N–H and O–H groups in total. The molecule has 2 amide bonds. The van der Waals surface area contributed by atoms with Crippen LogP contribution in [0.5, 0.6) is 0 Å². The summed E-state index contributed by atoms with van der Waals surface area (Å²) in [5, 5.41) is 14.9. The molecule has 150 valence electrons. The minimum Gasteiger partial charge on any atom is -0.337 e. The molecule has 1 aliphatic heterocycles. The monoisotopic (exact) mass is 419 g/mol. The molecule has 0 radical (unpaired) electrons. The summed E-state index contributed by atoms with van der Waals surface area (Å²) in [6.45, 7) is 5.72. The van der Waals surface area contributed by atoms with Gasteiger partial charge in [-0.2, -0.15) is 0 Å². The summed E-state index contributed by atoms with van der Waals surface area (Å²) >= 11 is 2.84. The Kier molecular flexibility index (Phi) is 6.90. The van der Waals surface area contributed by atoms with Crippen molar-refractivity contribution in [1.82, 2.24) is 15.1 Å². The number of likely N-dealkylation sites (tertiary alicyclic amines) is 1. The maximum Gasteiger partial charge on any atom is 0.233 e. The molecule has 28 heavy (non-hydrogen) atoms. The van der Waals surface area contributed by atoms with Crippen LogP contribution >= 0.6 is 23.1 Å². The van der Waals surface area contributed by atoms with Gasteiger partial charge >= 0.3 is 0 Å². The van der Waals surface area contributed by atoms with Gasteiger partial charge in [0.1, 0.15) is 0 Å². The lowest BCUT2D eigenvalue weighted by Crippen LogP contribution is -2.48. The molecule has 1 aromatic carbocycles. The van der Waals surface area contributed by atoms with Gasteiger partial charge in [0.05, 0.1) is 5.75 Å². The Morgan fingerprint density at radius 1 is 1.21 bits per heavy atom. The summed E-state index contributed by atoms with van der Waals surface area (Å²) in [7, 11) is 0. The molecule has 0 spiro atoms. The first kappa shape index (κ1) is 20.6. The Morgan fingerprint density at radius 3 is 2.64 bits per heavy atom. The van der Waals surface area contributed by atoms with E-state index in [0.717, 1.165) is 22.9 Å². The molecular formula is C19H25N5O2S2. The zero-order chi connectivity index (χ0) is 20.1. The van der Waals surface area contributed by atoms with Crippen LogP contribution in [0, 0.1) is 0 Å². The van der Waals surface area contributed by atoms with Crippen LogP contribution in [-0.2, 0) is 9.59 Å². The van der Waals surface area contributed by atoms with Crippen LogP contribution in [0.2, 0.25) is 0 Å². The molecule has 1 aromatic heterocycles. The predicted octanol–water partition coefficient (Wildman–Crippen LogP) is 4.12. The number of amides is 2. The van der Waals surface area contributed by atoms with Gasteiger partial charge in [-0.25, -0.2) is 0 Å². The number of benzene rings is 1. The van der Waals surface area contributed by atoms with Crippen molar-refractivity contribution in [2.24, 2.45) is 0 Å². The molecule has 1 fully saturated rings. The normalized spacial score (nSPS) is 19.3. The average molecular weight is 420 g/mol. The second kappa shape index (κ2) is 9.38. The third kappa shape index (κ3) is 5.45. The number of carbonyl (C=O) groups is 2. The maximum atomic E-state index is 12.6. The second-order valence-electron chi connectivity index (χ2n) is 6.98. The lowest BCUT2D eigenvalue weighted by molar-refractivity contribution is -0.134. The molecule has 0 saturated carbocycles. The van der Waals surface area contributed by atoms with Crippen molar-refractivity contribution in [2.75, 3.05) is 16.4 Å². The number of hydrogen-bond acceptors (Lipinski definition) is 7. The van der Waals surface area contributed by atoms with Crippen molar-refractivity contribution in [3.05, 3.63) is 24.3 Å². The highest BCUT2D eigenvalue weighted by Gasteiger charge is 2.28. The van der Waals surface area contributed by atoms with Crippen molar-refractivity contribution in [1.29, 1.82) is 0 Å². The Balaban J connectivity index is 1.56. The molecule has 2 heterocycles. The van der Waals surface area contributed by atoms with Gasteiger partial charge in [-0.1, -0.05) is 29.2 Å². The van der Waals surface area contributed by atoms with Gasteiger partial charge in [-0.15, -0.1) is 10.2 Å². The molecule has 1 aliphatic rings. The summed E-state index contributed by atoms with van der Waals surface area (Å²) < 4.78 is 0.756. The first-order valence-electron chi connectivity index (χ1n) is 9.34. The summed E-state index contributed by atoms with van der Waals surface area (Å²) in [5.74, 6) is 0.424. The van der Waals surface area contributed by atoms with Crippen LogP contribution in [-0.4, -0.2) is 44.7 Å². The first-order valence-corrected chi connectivity index (χ1v) is 11.1. The first-order chi connectivity index (χ1) is 13.4. The number of piperidine rings is 1. The number of hydrogen-bond donors (Lipinski definition) is 2. The van der Waals surface area contributed by atoms with Crippen molar-refractivity contribution >= 4 is 51.4 Å².